The zero-order chi connectivity index (χ0) is 16.6. The highest BCUT2D eigenvalue weighted by atomic mass is 16.2. The Morgan fingerprint density at radius 1 is 1.30 bits per heavy atom. The number of hydrogen-bond acceptors (Lipinski definition) is 1. The quantitative estimate of drug-likeness (QED) is 0.665. The third-order valence-corrected chi connectivity index (χ3v) is 5.30. The van der Waals surface area contributed by atoms with Crippen molar-refractivity contribution >= 4 is 11.6 Å². The Bertz CT molecular complexity index is 679. The minimum atomic E-state index is 0.128. The first-order valence-corrected chi connectivity index (χ1v) is 8.88. The van der Waals surface area contributed by atoms with Crippen molar-refractivity contribution in [1.29, 1.82) is 0 Å². The van der Waals surface area contributed by atoms with Crippen LogP contribution in [0.3, 0.4) is 0 Å². The third-order valence-electron chi connectivity index (χ3n) is 5.30. The fourth-order valence-electron chi connectivity index (χ4n) is 3.83. The van der Waals surface area contributed by atoms with Crippen molar-refractivity contribution in [2.75, 3.05) is 0 Å². The summed E-state index contributed by atoms with van der Waals surface area (Å²) >= 11 is 0. The number of fused-ring (bicyclic) bond motifs is 1. The molecule has 1 aliphatic heterocycles. The maximum atomic E-state index is 12.9. The van der Waals surface area contributed by atoms with Gasteiger partial charge in [-0.25, -0.2) is 0 Å². The number of allylic oxidation sites excluding steroid dienone is 2. The zero-order valence-electron chi connectivity index (χ0n) is 14.7. The van der Waals surface area contributed by atoms with Crippen molar-refractivity contribution in [3.63, 3.8) is 0 Å². The molecule has 0 N–H and O–H groups in total. The lowest BCUT2D eigenvalue weighted by molar-refractivity contribution is 0.0826. The van der Waals surface area contributed by atoms with E-state index in [1.54, 1.807) is 5.57 Å². The highest BCUT2D eigenvalue weighted by Crippen LogP contribution is 2.43. The van der Waals surface area contributed by atoms with Gasteiger partial charge in [0.25, 0.3) is 5.91 Å². The highest BCUT2D eigenvalue weighted by molar-refractivity contribution is 6.09. The van der Waals surface area contributed by atoms with Crippen LogP contribution in [0.4, 0.5) is 0 Å². The van der Waals surface area contributed by atoms with E-state index in [0.717, 1.165) is 22.7 Å². The van der Waals surface area contributed by atoms with E-state index in [4.69, 9.17) is 0 Å². The van der Waals surface area contributed by atoms with Crippen LogP contribution in [0.5, 0.6) is 0 Å². The summed E-state index contributed by atoms with van der Waals surface area (Å²) in [4.78, 5) is 14.9. The largest absolute Gasteiger partial charge is 0.301 e. The number of amides is 1. The second-order valence-electron chi connectivity index (χ2n) is 6.80. The van der Waals surface area contributed by atoms with Crippen LogP contribution in [0.25, 0.3) is 5.70 Å². The lowest BCUT2D eigenvalue weighted by Gasteiger charge is -2.29. The van der Waals surface area contributed by atoms with Crippen LogP contribution < -0.4 is 0 Å². The van der Waals surface area contributed by atoms with E-state index >= 15 is 0 Å². The van der Waals surface area contributed by atoms with Gasteiger partial charge in [-0.2, -0.15) is 0 Å². The highest BCUT2D eigenvalue weighted by Gasteiger charge is 2.37. The summed E-state index contributed by atoms with van der Waals surface area (Å²) in [5, 5.41) is 0. The molecular formula is C21H27NO. The van der Waals surface area contributed by atoms with Crippen LogP contribution in [-0.2, 0) is 0 Å². The van der Waals surface area contributed by atoms with E-state index in [1.807, 2.05) is 30.0 Å². The molecule has 3 rings (SSSR count). The second kappa shape index (κ2) is 6.35. The molecule has 1 saturated carbocycles. The molecule has 1 amide bonds. The van der Waals surface area contributed by atoms with Crippen molar-refractivity contribution in [3.8, 4) is 0 Å². The molecule has 0 bridgehead atoms. The first-order valence-electron chi connectivity index (χ1n) is 8.88. The van der Waals surface area contributed by atoms with E-state index in [1.165, 1.54) is 31.3 Å². The van der Waals surface area contributed by atoms with Gasteiger partial charge < -0.3 is 4.90 Å². The molecule has 2 heteroatoms. The molecule has 1 heterocycles. The third kappa shape index (κ3) is 2.75. The second-order valence-corrected chi connectivity index (χ2v) is 6.80. The molecule has 2 aliphatic rings. The van der Waals surface area contributed by atoms with Crippen LogP contribution >= 0.6 is 0 Å². The Balaban J connectivity index is 1.98. The molecule has 1 unspecified atom stereocenters. The van der Waals surface area contributed by atoms with E-state index in [9.17, 15) is 4.79 Å². The van der Waals surface area contributed by atoms with Crippen LogP contribution in [0, 0.1) is 5.92 Å². The van der Waals surface area contributed by atoms with Crippen LogP contribution in [0.1, 0.15) is 69.3 Å². The van der Waals surface area contributed by atoms with Gasteiger partial charge in [-0.3, -0.25) is 4.79 Å². The first-order chi connectivity index (χ1) is 11.1. The first kappa shape index (κ1) is 16.0. The Labute approximate surface area is 139 Å². The normalized spacial score (nSPS) is 21.5. The van der Waals surface area contributed by atoms with Gasteiger partial charge in [0.2, 0.25) is 0 Å². The molecule has 0 spiro atoms. The van der Waals surface area contributed by atoms with Gasteiger partial charge in [-0.15, -0.1) is 0 Å². The van der Waals surface area contributed by atoms with E-state index in [-0.39, 0.29) is 11.9 Å². The predicted octanol–water partition coefficient (Wildman–Crippen LogP) is 5.42. The molecule has 0 saturated heterocycles. The standard InChI is InChI=1S/C21H27NO/c1-5-9-17(16-12-13-16)14(3)15(4)22-20(6-2)18-10-7-8-11-19(18)21(22)23/h6-8,10-11,15-16H,5,9,12-13H2,1-4H3. The Hall–Kier alpha value is -1.83. The van der Waals surface area contributed by atoms with Crippen molar-refractivity contribution in [3.05, 3.63) is 52.6 Å². The maximum Gasteiger partial charge on any atom is 0.259 e. The smallest absolute Gasteiger partial charge is 0.259 e. The topological polar surface area (TPSA) is 20.3 Å². The lowest BCUT2D eigenvalue weighted by atomic mass is 9.95. The van der Waals surface area contributed by atoms with Crippen LogP contribution in [-0.4, -0.2) is 16.8 Å². The monoisotopic (exact) mass is 309 g/mol. The minimum Gasteiger partial charge on any atom is -0.301 e. The van der Waals surface area contributed by atoms with Crippen molar-refractivity contribution in [2.24, 2.45) is 5.92 Å². The van der Waals surface area contributed by atoms with Gasteiger partial charge in [0.1, 0.15) is 0 Å². The van der Waals surface area contributed by atoms with Gasteiger partial charge in [0.05, 0.1) is 6.04 Å². The molecule has 1 atom stereocenters. The summed E-state index contributed by atoms with van der Waals surface area (Å²) in [5.74, 6) is 0.915. The molecule has 1 aliphatic carbocycles. The van der Waals surface area contributed by atoms with Crippen LogP contribution in [0.2, 0.25) is 0 Å². The summed E-state index contributed by atoms with van der Waals surface area (Å²) in [6, 6.07) is 8.10. The fourth-order valence-corrected chi connectivity index (χ4v) is 3.83. The number of rotatable bonds is 5. The van der Waals surface area contributed by atoms with Gasteiger partial charge in [-0.1, -0.05) is 48.8 Å². The zero-order valence-corrected chi connectivity index (χ0v) is 14.7. The summed E-state index contributed by atoms with van der Waals surface area (Å²) in [6.45, 7) is 8.68. The molecule has 1 fully saturated rings. The molecule has 2 nitrogen and oxygen atoms in total. The van der Waals surface area contributed by atoms with E-state index in [0.29, 0.717) is 0 Å². The summed E-state index contributed by atoms with van der Waals surface area (Å²) in [6.07, 6.45) is 7.07. The molecule has 1 aromatic rings. The van der Waals surface area contributed by atoms with E-state index < -0.39 is 0 Å². The Morgan fingerprint density at radius 3 is 2.52 bits per heavy atom. The van der Waals surface area contributed by atoms with Gasteiger partial charge in [0, 0.05) is 16.8 Å². The molecule has 0 radical (unpaired) electrons. The van der Waals surface area contributed by atoms with Crippen molar-refractivity contribution < 1.29 is 4.79 Å². The fraction of sp³-hybridized carbons (Fsp3) is 0.476. The maximum absolute atomic E-state index is 12.9. The average Bonchev–Trinajstić information content (AvgIpc) is 3.36. The predicted molar refractivity (Wildman–Crippen MR) is 96.1 cm³/mol. The molecule has 122 valence electrons. The molecular weight excluding hydrogens is 282 g/mol. The van der Waals surface area contributed by atoms with Crippen molar-refractivity contribution in [2.45, 2.75) is 59.4 Å². The summed E-state index contributed by atoms with van der Waals surface area (Å²) < 4.78 is 0. The number of carbonyl (C=O) groups excluding carboxylic acids is 1. The number of hydrogen-bond donors (Lipinski definition) is 0. The van der Waals surface area contributed by atoms with Gasteiger partial charge in [0.15, 0.2) is 0 Å². The molecule has 1 aromatic carbocycles. The van der Waals surface area contributed by atoms with Crippen LogP contribution in [0.15, 0.2) is 41.5 Å². The van der Waals surface area contributed by atoms with E-state index in [2.05, 4.69) is 32.9 Å². The number of benzene rings is 1. The Kier molecular flexibility index (Phi) is 4.43. The Morgan fingerprint density at radius 2 is 1.96 bits per heavy atom. The molecule has 0 aromatic heterocycles. The minimum absolute atomic E-state index is 0.128. The van der Waals surface area contributed by atoms with Crippen molar-refractivity contribution in [1.82, 2.24) is 4.90 Å². The van der Waals surface area contributed by atoms with Gasteiger partial charge >= 0.3 is 0 Å². The number of carbonyl (C=O) groups is 1. The average molecular weight is 309 g/mol. The summed E-state index contributed by atoms with van der Waals surface area (Å²) in [5.41, 5.74) is 5.96. The van der Waals surface area contributed by atoms with Gasteiger partial charge in [-0.05, 0) is 52.0 Å². The SMILES string of the molecule is CC=C1c2ccccc2C(=O)N1C(C)C(C)=C(CCC)C1CC1. The lowest BCUT2D eigenvalue weighted by Crippen LogP contribution is -2.34. The number of nitrogens with zero attached hydrogens (tertiary/aromatic N) is 1. The molecule has 23 heavy (non-hydrogen) atoms. The summed E-state index contributed by atoms with van der Waals surface area (Å²) in [7, 11) is 0.